The highest BCUT2D eigenvalue weighted by Gasteiger charge is 2.42. The van der Waals surface area contributed by atoms with Gasteiger partial charge in [-0.1, -0.05) is 31.0 Å². The van der Waals surface area contributed by atoms with E-state index < -0.39 is 0 Å². The number of rotatable bonds is 8. The van der Waals surface area contributed by atoms with Crippen LogP contribution in [0.2, 0.25) is 0 Å². The van der Waals surface area contributed by atoms with Crippen molar-refractivity contribution in [2.24, 2.45) is 5.73 Å². The predicted octanol–water partition coefficient (Wildman–Crippen LogP) is 3.06. The van der Waals surface area contributed by atoms with Crippen LogP contribution in [0.3, 0.4) is 0 Å². The molecule has 0 amide bonds. The maximum absolute atomic E-state index is 6.59. The third-order valence-corrected chi connectivity index (χ3v) is 4.25. The van der Waals surface area contributed by atoms with Crippen LogP contribution in [0.4, 0.5) is 0 Å². The van der Waals surface area contributed by atoms with E-state index in [1.807, 2.05) is 31.2 Å². The molecule has 0 spiro atoms. The number of hydrogen-bond donors (Lipinski definition) is 1. The van der Waals surface area contributed by atoms with Crippen molar-refractivity contribution in [1.29, 1.82) is 0 Å². The average Bonchev–Trinajstić information content (AvgIpc) is 2.97. The van der Waals surface area contributed by atoms with Gasteiger partial charge in [-0.15, -0.1) is 0 Å². The zero-order chi connectivity index (χ0) is 15.1. The second kappa shape index (κ2) is 7.78. The zero-order valence-electron chi connectivity index (χ0n) is 13.1. The van der Waals surface area contributed by atoms with Crippen molar-refractivity contribution in [3.63, 3.8) is 0 Å². The van der Waals surface area contributed by atoms with Crippen LogP contribution in [-0.2, 0) is 9.47 Å². The zero-order valence-corrected chi connectivity index (χ0v) is 13.1. The summed E-state index contributed by atoms with van der Waals surface area (Å²) < 4.78 is 16.9. The second-order valence-electron chi connectivity index (χ2n) is 5.56. The van der Waals surface area contributed by atoms with Crippen molar-refractivity contribution in [3.05, 3.63) is 29.8 Å². The van der Waals surface area contributed by atoms with Gasteiger partial charge in [0.25, 0.3) is 0 Å². The molecule has 0 saturated heterocycles. The lowest BCUT2D eigenvalue weighted by atomic mass is 9.87. The summed E-state index contributed by atoms with van der Waals surface area (Å²) >= 11 is 0. The maximum Gasteiger partial charge on any atom is 0.124 e. The molecule has 2 N–H and O–H groups in total. The standard InChI is InChI=1S/C17H27NO3/c1-3-21-17(10-6-7-11-17)16(18)14-8-4-5-9-15(14)20-13-12-19-2/h4-5,8-9,16H,3,6-7,10-13,18H2,1-2H3. The molecule has 1 unspecified atom stereocenters. The summed E-state index contributed by atoms with van der Waals surface area (Å²) in [5.74, 6) is 0.841. The van der Waals surface area contributed by atoms with Crippen molar-refractivity contribution in [2.45, 2.75) is 44.2 Å². The van der Waals surface area contributed by atoms with E-state index in [1.165, 1.54) is 12.8 Å². The van der Waals surface area contributed by atoms with Gasteiger partial charge in [-0.3, -0.25) is 0 Å². The molecular formula is C17H27NO3. The first-order valence-electron chi connectivity index (χ1n) is 7.83. The van der Waals surface area contributed by atoms with Crippen LogP contribution in [0.25, 0.3) is 0 Å². The van der Waals surface area contributed by atoms with Gasteiger partial charge >= 0.3 is 0 Å². The summed E-state index contributed by atoms with van der Waals surface area (Å²) in [7, 11) is 1.67. The first-order chi connectivity index (χ1) is 10.2. The molecule has 0 heterocycles. The van der Waals surface area contributed by atoms with Crippen LogP contribution in [0, 0.1) is 0 Å². The number of nitrogens with two attached hydrogens (primary N) is 1. The minimum atomic E-state index is -0.241. The Labute approximate surface area is 127 Å². The second-order valence-corrected chi connectivity index (χ2v) is 5.56. The summed E-state index contributed by atoms with van der Waals surface area (Å²) in [6.45, 7) is 3.83. The van der Waals surface area contributed by atoms with E-state index in [4.69, 9.17) is 19.9 Å². The molecule has 2 rings (SSSR count). The molecule has 0 radical (unpaired) electrons. The minimum Gasteiger partial charge on any atom is -0.491 e. The van der Waals surface area contributed by atoms with Gasteiger partial charge in [0, 0.05) is 19.3 Å². The van der Waals surface area contributed by atoms with Crippen LogP contribution in [-0.4, -0.2) is 32.5 Å². The molecule has 0 aliphatic heterocycles. The van der Waals surface area contributed by atoms with Gasteiger partial charge in [-0.25, -0.2) is 0 Å². The lowest BCUT2D eigenvalue weighted by molar-refractivity contribution is -0.0541. The Kier molecular flexibility index (Phi) is 6.03. The largest absolute Gasteiger partial charge is 0.491 e. The number of ether oxygens (including phenoxy) is 3. The van der Waals surface area contributed by atoms with Crippen LogP contribution in [0.1, 0.15) is 44.2 Å². The molecule has 0 aromatic heterocycles. The number of benzene rings is 1. The summed E-state index contributed by atoms with van der Waals surface area (Å²) in [5.41, 5.74) is 7.38. The Bertz CT molecular complexity index is 430. The SMILES string of the molecule is CCOC1(C(N)c2ccccc2OCCOC)CCCC1. The highest BCUT2D eigenvalue weighted by Crippen LogP contribution is 2.43. The first-order valence-corrected chi connectivity index (χ1v) is 7.83. The number of para-hydroxylation sites is 1. The van der Waals surface area contributed by atoms with Crippen molar-refractivity contribution in [1.82, 2.24) is 0 Å². The van der Waals surface area contributed by atoms with Crippen molar-refractivity contribution < 1.29 is 14.2 Å². The van der Waals surface area contributed by atoms with Gasteiger partial charge in [0.1, 0.15) is 12.4 Å². The third kappa shape index (κ3) is 3.76. The Morgan fingerprint density at radius 1 is 1.19 bits per heavy atom. The van der Waals surface area contributed by atoms with Crippen LogP contribution >= 0.6 is 0 Å². The fraction of sp³-hybridized carbons (Fsp3) is 0.647. The molecule has 0 bridgehead atoms. The highest BCUT2D eigenvalue weighted by molar-refractivity contribution is 5.37. The van der Waals surface area contributed by atoms with Crippen molar-refractivity contribution in [3.8, 4) is 5.75 Å². The first kappa shape index (κ1) is 16.3. The molecule has 1 atom stereocenters. The Morgan fingerprint density at radius 2 is 1.90 bits per heavy atom. The fourth-order valence-electron chi connectivity index (χ4n) is 3.19. The summed E-state index contributed by atoms with van der Waals surface area (Å²) in [4.78, 5) is 0. The van der Waals surface area contributed by atoms with E-state index in [0.29, 0.717) is 19.8 Å². The molecule has 1 fully saturated rings. The van der Waals surface area contributed by atoms with Gasteiger partial charge in [0.05, 0.1) is 18.2 Å². The molecule has 21 heavy (non-hydrogen) atoms. The molecular weight excluding hydrogens is 266 g/mol. The van der Waals surface area contributed by atoms with Crippen LogP contribution < -0.4 is 10.5 Å². The minimum absolute atomic E-state index is 0.154. The van der Waals surface area contributed by atoms with Crippen LogP contribution in [0.15, 0.2) is 24.3 Å². The Balaban J connectivity index is 2.19. The van der Waals surface area contributed by atoms with E-state index in [2.05, 4.69) is 0 Å². The van der Waals surface area contributed by atoms with E-state index in [-0.39, 0.29) is 11.6 Å². The molecule has 1 aliphatic rings. The van der Waals surface area contributed by atoms with E-state index >= 15 is 0 Å². The molecule has 4 nitrogen and oxygen atoms in total. The van der Waals surface area contributed by atoms with Crippen molar-refractivity contribution >= 4 is 0 Å². The normalized spacial score (nSPS) is 18.6. The Morgan fingerprint density at radius 3 is 2.57 bits per heavy atom. The average molecular weight is 293 g/mol. The fourth-order valence-corrected chi connectivity index (χ4v) is 3.19. The molecule has 1 saturated carbocycles. The molecule has 4 heteroatoms. The monoisotopic (exact) mass is 293 g/mol. The lowest BCUT2D eigenvalue weighted by Crippen LogP contribution is -2.41. The number of hydrogen-bond acceptors (Lipinski definition) is 4. The van der Waals surface area contributed by atoms with E-state index in [0.717, 1.165) is 24.2 Å². The predicted molar refractivity (Wildman–Crippen MR) is 83.6 cm³/mol. The van der Waals surface area contributed by atoms with Crippen molar-refractivity contribution in [2.75, 3.05) is 26.9 Å². The highest BCUT2D eigenvalue weighted by atomic mass is 16.5. The van der Waals surface area contributed by atoms with Gasteiger partial charge < -0.3 is 19.9 Å². The smallest absolute Gasteiger partial charge is 0.124 e. The summed E-state index contributed by atoms with van der Waals surface area (Å²) in [5, 5.41) is 0. The van der Waals surface area contributed by atoms with E-state index in [9.17, 15) is 0 Å². The topological polar surface area (TPSA) is 53.7 Å². The molecule has 1 aromatic carbocycles. The lowest BCUT2D eigenvalue weighted by Gasteiger charge is -2.36. The molecule has 118 valence electrons. The molecule has 1 aliphatic carbocycles. The Hall–Kier alpha value is -1.10. The summed E-state index contributed by atoms with van der Waals surface area (Å²) in [6, 6.07) is 7.84. The van der Waals surface area contributed by atoms with Gasteiger partial charge in [0.2, 0.25) is 0 Å². The maximum atomic E-state index is 6.59. The van der Waals surface area contributed by atoms with Crippen LogP contribution in [0.5, 0.6) is 5.75 Å². The molecule has 1 aromatic rings. The van der Waals surface area contributed by atoms with Gasteiger partial charge in [-0.05, 0) is 25.8 Å². The van der Waals surface area contributed by atoms with Gasteiger partial charge in [0.15, 0.2) is 0 Å². The number of methoxy groups -OCH3 is 1. The quantitative estimate of drug-likeness (QED) is 0.748. The van der Waals surface area contributed by atoms with Gasteiger partial charge in [-0.2, -0.15) is 0 Å². The third-order valence-electron chi connectivity index (χ3n) is 4.25. The van der Waals surface area contributed by atoms with E-state index in [1.54, 1.807) is 7.11 Å². The summed E-state index contributed by atoms with van der Waals surface area (Å²) in [6.07, 6.45) is 4.41.